The minimum absolute atomic E-state index is 0.0674. The first kappa shape index (κ1) is 23.9. The van der Waals surface area contributed by atoms with Gasteiger partial charge in [0.05, 0.1) is 5.75 Å². The monoisotopic (exact) mass is 452 g/mol. The summed E-state index contributed by atoms with van der Waals surface area (Å²) in [6, 6.07) is 1.97. The Balaban J connectivity index is 1.33. The highest BCUT2D eigenvalue weighted by atomic mass is 32.2. The Bertz CT molecular complexity index is 968. The minimum Gasteiger partial charge on any atom is -0.355 e. The lowest BCUT2D eigenvalue weighted by atomic mass is 10.0. The van der Waals surface area contributed by atoms with Crippen molar-refractivity contribution in [1.29, 1.82) is 0 Å². The van der Waals surface area contributed by atoms with Crippen molar-refractivity contribution in [3.05, 3.63) is 65.6 Å². The van der Waals surface area contributed by atoms with Crippen LogP contribution in [-0.2, 0) is 4.79 Å². The Morgan fingerprint density at radius 2 is 2.16 bits per heavy atom. The molecule has 0 aromatic carbocycles. The third kappa shape index (κ3) is 7.71. The number of nitrogens with zero attached hydrogens (tertiary/aromatic N) is 2. The van der Waals surface area contributed by atoms with Gasteiger partial charge < -0.3 is 15.2 Å². The molecule has 7 heteroatoms. The summed E-state index contributed by atoms with van der Waals surface area (Å²) < 4.78 is 5.53. The number of allylic oxidation sites excluding steroid dienone is 6. The number of unbranched alkanes of at least 4 members (excludes halogenated alkanes) is 2. The van der Waals surface area contributed by atoms with Crippen LogP contribution in [0.15, 0.2) is 63.6 Å². The summed E-state index contributed by atoms with van der Waals surface area (Å²) >= 11 is 1.48. The Kier molecular flexibility index (Phi) is 9.16. The molecule has 0 fully saturated rings. The van der Waals surface area contributed by atoms with E-state index in [4.69, 9.17) is 4.52 Å². The summed E-state index contributed by atoms with van der Waals surface area (Å²) in [5.41, 5.74) is 3.85. The fourth-order valence-corrected chi connectivity index (χ4v) is 3.88. The second-order valence-electron chi connectivity index (χ2n) is 7.97. The molecule has 1 aliphatic carbocycles. The van der Waals surface area contributed by atoms with Crippen molar-refractivity contribution < 1.29 is 9.32 Å². The maximum Gasteiger partial charge on any atom is 0.230 e. The van der Waals surface area contributed by atoms with E-state index in [1.807, 2.05) is 19.1 Å². The fraction of sp³-hybridized carbons (Fsp3) is 0.400. The molecule has 0 unspecified atom stereocenters. The molecule has 0 spiro atoms. The van der Waals surface area contributed by atoms with Crippen LogP contribution in [0.1, 0.15) is 63.3 Å². The lowest BCUT2D eigenvalue weighted by Crippen LogP contribution is -2.26. The predicted octanol–water partition coefficient (Wildman–Crippen LogP) is 5.60. The number of amides is 1. The highest BCUT2D eigenvalue weighted by Crippen LogP contribution is 2.28. The lowest BCUT2D eigenvalue weighted by molar-refractivity contribution is -0.118. The van der Waals surface area contributed by atoms with Crippen LogP contribution < -0.4 is 10.6 Å². The molecule has 1 aliphatic heterocycles. The number of aliphatic imine (C=N–C) groups is 1. The second-order valence-corrected chi connectivity index (χ2v) is 9.24. The third-order valence-corrected chi connectivity index (χ3v) is 6.00. The van der Waals surface area contributed by atoms with Crippen LogP contribution in [0.2, 0.25) is 0 Å². The average Bonchev–Trinajstić information content (AvgIpc) is 3.45. The molecule has 32 heavy (non-hydrogen) atoms. The van der Waals surface area contributed by atoms with Gasteiger partial charge in [-0.2, -0.15) is 0 Å². The smallest absolute Gasteiger partial charge is 0.230 e. The van der Waals surface area contributed by atoms with Crippen molar-refractivity contribution in [2.24, 2.45) is 4.99 Å². The van der Waals surface area contributed by atoms with E-state index in [0.29, 0.717) is 18.1 Å². The second kappa shape index (κ2) is 12.3. The Morgan fingerprint density at radius 3 is 2.94 bits per heavy atom. The topological polar surface area (TPSA) is 79.5 Å². The van der Waals surface area contributed by atoms with Crippen molar-refractivity contribution in [2.45, 2.75) is 51.9 Å². The van der Waals surface area contributed by atoms with Gasteiger partial charge in [-0.05, 0) is 55.6 Å². The first-order chi connectivity index (χ1) is 15.5. The molecule has 2 heterocycles. The molecular formula is C25H32N4O2S. The van der Waals surface area contributed by atoms with Crippen molar-refractivity contribution in [2.75, 3.05) is 12.3 Å². The van der Waals surface area contributed by atoms with E-state index in [1.165, 1.54) is 17.3 Å². The van der Waals surface area contributed by atoms with Gasteiger partial charge in [-0.3, -0.25) is 4.79 Å². The summed E-state index contributed by atoms with van der Waals surface area (Å²) in [5.74, 6) is 2.09. The Labute approximate surface area is 194 Å². The highest BCUT2D eigenvalue weighted by Gasteiger charge is 2.17. The average molecular weight is 453 g/mol. The molecule has 0 bridgehead atoms. The van der Waals surface area contributed by atoms with E-state index in [9.17, 15) is 4.79 Å². The zero-order valence-electron chi connectivity index (χ0n) is 18.8. The summed E-state index contributed by atoms with van der Waals surface area (Å²) in [6.45, 7) is 10.5. The Morgan fingerprint density at radius 1 is 1.28 bits per heavy atom. The van der Waals surface area contributed by atoms with Crippen LogP contribution in [0.25, 0.3) is 11.3 Å². The number of amidine groups is 1. The molecule has 3 rings (SSSR count). The number of hydrogen-bond donors (Lipinski definition) is 2. The molecule has 1 aromatic heterocycles. The largest absolute Gasteiger partial charge is 0.355 e. The lowest BCUT2D eigenvalue weighted by Gasteiger charge is -2.09. The van der Waals surface area contributed by atoms with Gasteiger partial charge in [0.1, 0.15) is 17.2 Å². The van der Waals surface area contributed by atoms with E-state index in [-0.39, 0.29) is 5.91 Å². The molecule has 2 aliphatic rings. The van der Waals surface area contributed by atoms with Gasteiger partial charge in [0, 0.05) is 24.7 Å². The molecule has 0 saturated carbocycles. The highest BCUT2D eigenvalue weighted by molar-refractivity contribution is 8.03. The SMILES string of the molecule is C=C(CCCCCNC(=O)CSC(=C)C)NC1=NC(c2cc(C3=CC=CCC3)no2)=CC1. The van der Waals surface area contributed by atoms with Crippen molar-refractivity contribution in [1.82, 2.24) is 15.8 Å². The van der Waals surface area contributed by atoms with E-state index in [1.54, 1.807) is 0 Å². The van der Waals surface area contributed by atoms with E-state index in [0.717, 1.165) is 72.8 Å². The van der Waals surface area contributed by atoms with Crippen LogP contribution >= 0.6 is 11.8 Å². The third-order valence-electron chi connectivity index (χ3n) is 5.10. The number of aromatic nitrogens is 1. The van der Waals surface area contributed by atoms with Gasteiger partial charge >= 0.3 is 0 Å². The Hall–Kier alpha value is -2.80. The summed E-state index contributed by atoms with van der Waals surface area (Å²) in [7, 11) is 0. The molecule has 170 valence electrons. The standard InChI is InChI=1S/C25H32N4O2S/c1-18(2)32-17-25(30)26-15-9-5-6-10-19(3)27-24-14-13-21(28-24)23-16-22(29-31-23)20-11-7-4-8-12-20/h4,7,11,13,16H,1,3,5-6,8-10,12,14-15,17H2,2H3,(H,26,30)(H,27,28). The first-order valence-corrected chi connectivity index (χ1v) is 12.1. The molecule has 1 amide bonds. The molecule has 0 saturated heterocycles. The van der Waals surface area contributed by atoms with Crippen molar-refractivity contribution >= 4 is 34.8 Å². The van der Waals surface area contributed by atoms with Gasteiger partial charge in [0.2, 0.25) is 5.91 Å². The van der Waals surface area contributed by atoms with Crippen LogP contribution in [-0.4, -0.2) is 29.2 Å². The van der Waals surface area contributed by atoms with E-state index in [2.05, 4.69) is 52.2 Å². The van der Waals surface area contributed by atoms with Gasteiger partial charge in [-0.1, -0.05) is 43.0 Å². The first-order valence-electron chi connectivity index (χ1n) is 11.1. The van der Waals surface area contributed by atoms with E-state index < -0.39 is 0 Å². The van der Waals surface area contributed by atoms with E-state index >= 15 is 0 Å². The number of nitrogens with one attached hydrogen (secondary N) is 2. The van der Waals surface area contributed by atoms with Crippen LogP contribution in [0.5, 0.6) is 0 Å². The zero-order chi connectivity index (χ0) is 22.8. The van der Waals surface area contributed by atoms with Gasteiger partial charge in [-0.25, -0.2) is 4.99 Å². The minimum atomic E-state index is 0.0674. The normalized spacial score (nSPS) is 15.1. The van der Waals surface area contributed by atoms with Crippen molar-refractivity contribution in [3.63, 3.8) is 0 Å². The molecule has 0 radical (unpaired) electrons. The van der Waals surface area contributed by atoms with Crippen LogP contribution in [0.4, 0.5) is 0 Å². The van der Waals surface area contributed by atoms with Crippen molar-refractivity contribution in [3.8, 4) is 0 Å². The van der Waals surface area contributed by atoms with Gasteiger partial charge in [-0.15, -0.1) is 11.8 Å². The number of hydrogen-bond acceptors (Lipinski definition) is 6. The molecule has 6 nitrogen and oxygen atoms in total. The molecular weight excluding hydrogens is 420 g/mol. The van der Waals surface area contributed by atoms with Crippen LogP contribution in [0, 0.1) is 0 Å². The number of thioether (sulfide) groups is 1. The fourth-order valence-electron chi connectivity index (χ4n) is 3.40. The van der Waals surface area contributed by atoms with Gasteiger partial charge in [0.15, 0.2) is 5.76 Å². The molecule has 1 aromatic rings. The maximum absolute atomic E-state index is 11.7. The predicted molar refractivity (Wildman–Crippen MR) is 134 cm³/mol. The summed E-state index contributed by atoms with van der Waals surface area (Å²) in [5, 5.41) is 10.5. The summed E-state index contributed by atoms with van der Waals surface area (Å²) in [6.07, 6.45) is 15.0. The summed E-state index contributed by atoms with van der Waals surface area (Å²) in [4.78, 5) is 17.3. The quantitative estimate of drug-likeness (QED) is 0.404. The molecule has 2 N–H and O–H groups in total. The van der Waals surface area contributed by atoms with Gasteiger partial charge in [0.25, 0.3) is 0 Å². The number of carbonyl (C=O) groups is 1. The maximum atomic E-state index is 11.7. The molecule has 0 atom stereocenters. The van der Waals surface area contributed by atoms with Crippen LogP contribution in [0.3, 0.4) is 0 Å². The number of rotatable bonds is 12. The number of carbonyl (C=O) groups excluding carboxylic acids is 1. The zero-order valence-corrected chi connectivity index (χ0v) is 19.6.